The molecule has 2 aromatic carbocycles. The van der Waals surface area contributed by atoms with Gasteiger partial charge in [-0.1, -0.05) is 104 Å². The molecule has 2 aromatic rings. The van der Waals surface area contributed by atoms with Crippen molar-refractivity contribution in [1.82, 2.24) is 16.0 Å². The van der Waals surface area contributed by atoms with Crippen LogP contribution in [0.2, 0.25) is 0 Å². The molecule has 2 atom stereocenters. The van der Waals surface area contributed by atoms with E-state index in [9.17, 15) is 14.4 Å². The lowest BCUT2D eigenvalue weighted by Gasteiger charge is -2.47. The van der Waals surface area contributed by atoms with Crippen LogP contribution in [0.4, 0.5) is 9.59 Å². The molecule has 0 radical (unpaired) electrons. The molecule has 4 rings (SSSR count). The fourth-order valence-electron chi connectivity index (χ4n) is 9.61. The Bertz CT molecular complexity index is 1790. The van der Waals surface area contributed by atoms with Gasteiger partial charge in [0.2, 0.25) is 0 Å². The second-order valence-corrected chi connectivity index (χ2v) is 21.4. The van der Waals surface area contributed by atoms with Crippen molar-refractivity contribution in [1.29, 1.82) is 0 Å². The van der Waals surface area contributed by atoms with Gasteiger partial charge in [-0.3, -0.25) is 0 Å². The molecule has 3 N–H and O–H groups in total. The average Bonchev–Trinajstić information content (AvgIpc) is 2.98. The minimum atomic E-state index is -0.539. The van der Waals surface area contributed by atoms with Crippen molar-refractivity contribution in [3.63, 3.8) is 0 Å². The Morgan fingerprint density at radius 3 is 1.75 bits per heavy atom. The summed E-state index contributed by atoms with van der Waals surface area (Å²) in [5, 5.41) is 9.95. The number of esters is 1. The molecule has 2 unspecified atom stereocenters. The highest BCUT2D eigenvalue weighted by Gasteiger charge is 2.44. The maximum absolute atomic E-state index is 13.9. The molecular weight excluding hydrogens is 703 g/mol. The lowest BCUT2D eigenvalue weighted by molar-refractivity contribution is -0.129. The minimum Gasteiger partial charge on any atom is -0.446 e. The first-order valence-electron chi connectivity index (χ1n) is 20.3. The number of ether oxygens (including phenoxy) is 3. The van der Waals surface area contributed by atoms with Crippen molar-refractivity contribution in [2.24, 2.45) is 10.8 Å². The van der Waals surface area contributed by atoms with Crippen LogP contribution in [0, 0.1) is 24.7 Å². The maximum Gasteiger partial charge on any atom is 0.412 e. The molecular formula is C47H71N3O6. The summed E-state index contributed by atoms with van der Waals surface area (Å²) in [5.74, 6) is 0.478. The highest BCUT2D eigenvalue weighted by molar-refractivity contribution is 5.84. The summed E-state index contributed by atoms with van der Waals surface area (Å²) in [6, 6.07) is 8.10. The molecule has 56 heavy (non-hydrogen) atoms. The van der Waals surface area contributed by atoms with Crippen molar-refractivity contribution < 1.29 is 28.6 Å². The van der Waals surface area contributed by atoms with E-state index in [0.29, 0.717) is 30.9 Å². The smallest absolute Gasteiger partial charge is 0.412 e. The summed E-state index contributed by atoms with van der Waals surface area (Å²) < 4.78 is 18.3. The van der Waals surface area contributed by atoms with E-state index in [0.717, 1.165) is 59.1 Å². The van der Waals surface area contributed by atoms with Gasteiger partial charge in [0.25, 0.3) is 0 Å². The van der Waals surface area contributed by atoms with E-state index >= 15 is 0 Å². The summed E-state index contributed by atoms with van der Waals surface area (Å²) in [7, 11) is 0. The zero-order valence-corrected chi connectivity index (χ0v) is 37.1. The number of carbonyl (C=O) groups is 3. The lowest BCUT2D eigenvalue weighted by Crippen LogP contribution is -2.60. The molecule has 1 aliphatic carbocycles. The number of hydrogen-bond donors (Lipinski definition) is 3. The van der Waals surface area contributed by atoms with Crippen LogP contribution < -0.4 is 25.4 Å². The lowest BCUT2D eigenvalue weighted by atomic mass is 9.62. The standard InChI is InChI=1S/C47H71N3O6/c1-17-37(51)55-38-31(18-29(2)20-35(38)42(4,5)6)22-32-19-30(3)21-36(43(7,8)9)39(32)56-40(52)48-28-47(16)24-33(23-44(10,11)27-47)49-41(53)54-34-25-45(12,13)50-46(14,15)26-34/h17-21,33-34,50H,1,22-28H2,2-16H3,(H,48,52)(H,49,53). The second kappa shape index (κ2) is 16.2. The Balaban J connectivity index is 1.57. The third kappa shape index (κ3) is 12.1. The summed E-state index contributed by atoms with van der Waals surface area (Å²) >= 11 is 0. The van der Waals surface area contributed by atoms with Gasteiger partial charge in [0.05, 0.1) is 0 Å². The molecule has 1 heterocycles. The van der Waals surface area contributed by atoms with Gasteiger partial charge in [-0.25, -0.2) is 14.4 Å². The summed E-state index contributed by atoms with van der Waals surface area (Å²) in [6.07, 6.45) is 4.31. The average molecular weight is 774 g/mol. The molecule has 2 amide bonds. The van der Waals surface area contributed by atoms with E-state index in [1.165, 1.54) is 6.08 Å². The molecule has 2 aliphatic rings. The molecule has 1 aliphatic heterocycles. The highest BCUT2D eigenvalue weighted by Crippen LogP contribution is 2.46. The number of alkyl carbamates (subject to hydrolysis) is 1. The van der Waals surface area contributed by atoms with E-state index in [2.05, 4.69) is 125 Å². The van der Waals surface area contributed by atoms with Crippen LogP contribution in [0.5, 0.6) is 11.5 Å². The van der Waals surface area contributed by atoms with Crippen molar-refractivity contribution in [3.05, 3.63) is 70.3 Å². The Morgan fingerprint density at radius 2 is 1.27 bits per heavy atom. The third-order valence-corrected chi connectivity index (χ3v) is 11.0. The molecule has 0 spiro atoms. The number of nitrogens with one attached hydrogen (secondary N) is 3. The van der Waals surface area contributed by atoms with Crippen molar-refractivity contribution in [2.45, 2.75) is 176 Å². The zero-order valence-electron chi connectivity index (χ0n) is 37.1. The quantitative estimate of drug-likeness (QED) is 0.132. The van der Waals surface area contributed by atoms with E-state index in [1.54, 1.807) is 0 Å². The Hall–Kier alpha value is -3.85. The molecule has 0 aromatic heterocycles. The largest absolute Gasteiger partial charge is 0.446 e. The minimum absolute atomic E-state index is 0.0781. The number of hydrogen-bond acceptors (Lipinski definition) is 7. The van der Waals surface area contributed by atoms with Crippen molar-refractivity contribution in [3.8, 4) is 11.5 Å². The molecule has 9 heteroatoms. The number of aryl methyl sites for hydroxylation is 2. The summed E-state index contributed by atoms with van der Waals surface area (Å²) in [4.78, 5) is 39.8. The van der Waals surface area contributed by atoms with Crippen LogP contribution in [0.15, 0.2) is 36.9 Å². The van der Waals surface area contributed by atoms with Gasteiger partial charge in [0.1, 0.15) is 17.6 Å². The first-order chi connectivity index (χ1) is 25.5. The predicted molar refractivity (Wildman–Crippen MR) is 226 cm³/mol. The molecule has 2 fully saturated rings. The fourth-order valence-corrected chi connectivity index (χ4v) is 9.61. The molecule has 310 valence electrons. The summed E-state index contributed by atoms with van der Waals surface area (Å²) in [6.45, 7) is 35.8. The number of rotatable bonds is 9. The zero-order chi connectivity index (χ0) is 42.2. The maximum atomic E-state index is 13.9. The van der Waals surface area contributed by atoms with Gasteiger partial charge < -0.3 is 30.2 Å². The predicted octanol–water partition coefficient (Wildman–Crippen LogP) is 10.3. The monoisotopic (exact) mass is 774 g/mol. The van der Waals surface area contributed by atoms with E-state index in [4.69, 9.17) is 14.2 Å². The second-order valence-electron chi connectivity index (χ2n) is 21.4. The highest BCUT2D eigenvalue weighted by atomic mass is 16.6. The van der Waals surface area contributed by atoms with Crippen LogP contribution in [0.1, 0.15) is 155 Å². The van der Waals surface area contributed by atoms with E-state index in [1.807, 2.05) is 26.0 Å². The SMILES string of the molecule is C=CC(=O)Oc1c(Cc2cc(C)cc(C(C)(C)C)c2OC(=O)NCC2(C)CC(NC(=O)OC3CC(C)(C)NC(C)(C)C3)CC(C)(C)C2)cc(C)cc1C(C)(C)C. The van der Waals surface area contributed by atoms with Gasteiger partial charge in [0, 0.05) is 71.3 Å². The van der Waals surface area contributed by atoms with Crippen LogP contribution in [-0.4, -0.2) is 47.9 Å². The Labute approximate surface area is 337 Å². The number of amides is 2. The van der Waals surface area contributed by atoms with Crippen molar-refractivity contribution in [2.75, 3.05) is 6.54 Å². The van der Waals surface area contributed by atoms with Gasteiger partial charge in [0.15, 0.2) is 0 Å². The molecule has 9 nitrogen and oxygen atoms in total. The summed E-state index contributed by atoms with van der Waals surface area (Å²) in [5.41, 5.74) is 4.23. The third-order valence-electron chi connectivity index (χ3n) is 11.0. The first-order valence-corrected chi connectivity index (χ1v) is 20.3. The van der Waals surface area contributed by atoms with Crippen LogP contribution in [-0.2, 0) is 26.8 Å². The fraction of sp³-hybridized carbons (Fsp3) is 0.638. The van der Waals surface area contributed by atoms with Crippen LogP contribution in [0.3, 0.4) is 0 Å². The Morgan fingerprint density at radius 1 is 0.768 bits per heavy atom. The Kier molecular flexibility index (Phi) is 13.0. The number of benzene rings is 2. The van der Waals surface area contributed by atoms with Gasteiger partial charge in [-0.05, 0) is 82.5 Å². The number of piperidine rings is 1. The first kappa shape index (κ1) is 44.9. The normalized spacial score (nSPS) is 22.1. The van der Waals surface area contributed by atoms with E-state index < -0.39 is 12.1 Å². The van der Waals surface area contributed by atoms with Crippen molar-refractivity contribution >= 4 is 18.2 Å². The van der Waals surface area contributed by atoms with Crippen LogP contribution in [0.25, 0.3) is 0 Å². The molecule has 1 saturated carbocycles. The molecule has 0 bridgehead atoms. The number of carbonyl (C=O) groups excluding carboxylic acids is 3. The van der Waals surface area contributed by atoms with E-state index in [-0.39, 0.29) is 51.0 Å². The van der Waals surface area contributed by atoms with Gasteiger partial charge >= 0.3 is 18.2 Å². The van der Waals surface area contributed by atoms with Gasteiger partial charge in [-0.15, -0.1) is 0 Å². The molecule has 1 saturated heterocycles. The van der Waals surface area contributed by atoms with Crippen LogP contribution >= 0.6 is 0 Å². The van der Waals surface area contributed by atoms with Gasteiger partial charge in [-0.2, -0.15) is 0 Å². The topological polar surface area (TPSA) is 115 Å².